The molecule has 0 aliphatic heterocycles. The first-order valence-electron chi connectivity index (χ1n) is 4.54. The summed E-state index contributed by atoms with van der Waals surface area (Å²) in [6.07, 6.45) is 7.15. The van der Waals surface area contributed by atoms with E-state index in [1.807, 2.05) is 6.92 Å². The van der Waals surface area contributed by atoms with Crippen LogP contribution in [0.25, 0.3) is 0 Å². The molecule has 72 valence electrons. The van der Waals surface area contributed by atoms with E-state index < -0.39 is 0 Å². The molecule has 0 spiro atoms. The van der Waals surface area contributed by atoms with E-state index >= 15 is 0 Å². The Kier molecular flexibility index (Phi) is 4.18. The zero-order chi connectivity index (χ0) is 9.52. The normalized spacial score (nSPS) is 12.5. The lowest BCUT2D eigenvalue weighted by Crippen LogP contribution is -2.16. The molecule has 0 radical (unpaired) electrons. The van der Waals surface area contributed by atoms with E-state index in [0.29, 0.717) is 0 Å². The summed E-state index contributed by atoms with van der Waals surface area (Å²) < 4.78 is 0. The Morgan fingerprint density at radius 2 is 2.38 bits per heavy atom. The lowest BCUT2D eigenvalue weighted by Gasteiger charge is -2.06. The molecule has 4 heteroatoms. The minimum atomic E-state index is 0.281. The average Bonchev–Trinajstić information content (AvgIpc) is 2.14. The van der Waals surface area contributed by atoms with Crippen LogP contribution >= 0.6 is 0 Å². The third kappa shape index (κ3) is 4.42. The van der Waals surface area contributed by atoms with Gasteiger partial charge in [0.2, 0.25) is 0 Å². The minimum Gasteiger partial charge on any atom is -0.369 e. The molecule has 1 atom stereocenters. The third-order valence-electron chi connectivity index (χ3n) is 1.71. The van der Waals surface area contributed by atoms with Gasteiger partial charge >= 0.3 is 0 Å². The first-order chi connectivity index (χ1) is 6.29. The van der Waals surface area contributed by atoms with Crippen molar-refractivity contribution in [1.29, 1.82) is 0 Å². The molecule has 0 aliphatic rings. The lowest BCUT2D eigenvalue weighted by atomic mass is 10.2. The van der Waals surface area contributed by atoms with Crippen molar-refractivity contribution in [2.24, 2.45) is 5.73 Å². The summed E-state index contributed by atoms with van der Waals surface area (Å²) in [7, 11) is 0. The summed E-state index contributed by atoms with van der Waals surface area (Å²) in [5, 5.41) is 3.17. The molecule has 1 aromatic rings. The Labute approximate surface area is 78.6 Å². The van der Waals surface area contributed by atoms with Crippen molar-refractivity contribution in [3.8, 4) is 0 Å². The molecule has 0 fully saturated rings. The lowest BCUT2D eigenvalue weighted by molar-refractivity contribution is 0.639. The molecule has 1 aromatic heterocycles. The molecule has 0 saturated carbocycles. The van der Waals surface area contributed by atoms with Crippen LogP contribution in [0.3, 0.4) is 0 Å². The van der Waals surface area contributed by atoms with Gasteiger partial charge in [0.05, 0.1) is 6.20 Å². The van der Waals surface area contributed by atoms with Crippen LogP contribution in [0, 0.1) is 0 Å². The van der Waals surface area contributed by atoms with Crippen molar-refractivity contribution in [1.82, 2.24) is 9.97 Å². The second-order valence-corrected chi connectivity index (χ2v) is 3.14. The van der Waals surface area contributed by atoms with E-state index in [1.165, 1.54) is 0 Å². The van der Waals surface area contributed by atoms with Crippen LogP contribution in [0.15, 0.2) is 18.6 Å². The second kappa shape index (κ2) is 5.48. The molecule has 13 heavy (non-hydrogen) atoms. The number of anilines is 1. The summed E-state index contributed by atoms with van der Waals surface area (Å²) >= 11 is 0. The van der Waals surface area contributed by atoms with Gasteiger partial charge in [0.25, 0.3) is 0 Å². The van der Waals surface area contributed by atoms with Crippen molar-refractivity contribution in [3.05, 3.63) is 18.6 Å². The van der Waals surface area contributed by atoms with Gasteiger partial charge in [-0.1, -0.05) is 0 Å². The number of aromatic nitrogens is 2. The van der Waals surface area contributed by atoms with E-state index in [0.717, 1.165) is 25.2 Å². The van der Waals surface area contributed by atoms with E-state index in [4.69, 9.17) is 5.73 Å². The number of nitrogens with zero attached hydrogens (tertiary/aromatic N) is 2. The summed E-state index contributed by atoms with van der Waals surface area (Å²) in [6.45, 7) is 2.92. The molecule has 1 rings (SSSR count). The van der Waals surface area contributed by atoms with Gasteiger partial charge in [-0.15, -0.1) is 0 Å². The summed E-state index contributed by atoms with van der Waals surface area (Å²) in [6, 6.07) is 0.281. The van der Waals surface area contributed by atoms with Gasteiger partial charge in [0.1, 0.15) is 5.82 Å². The highest BCUT2D eigenvalue weighted by molar-refractivity contribution is 5.29. The largest absolute Gasteiger partial charge is 0.369 e. The summed E-state index contributed by atoms with van der Waals surface area (Å²) in [5.74, 6) is 0.826. The maximum Gasteiger partial charge on any atom is 0.144 e. The number of nitrogens with one attached hydrogen (secondary N) is 1. The van der Waals surface area contributed by atoms with Crippen LogP contribution in [0.2, 0.25) is 0 Å². The zero-order valence-corrected chi connectivity index (χ0v) is 7.90. The Bertz CT molecular complexity index is 222. The molecule has 0 bridgehead atoms. The molecule has 0 saturated heterocycles. The van der Waals surface area contributed by atoms with E-state index in [9.17, 15) is 0 Å². The van der Waals surface area contributed by atoms with Gasteiger partial charge in [-0.25, -0.2) is 4.98 Å². The first-order valence-corrected chi connectivity index (χ1v) is 4.54. The van der Waals surface area contributed by atoms with Crippen LogP contribution in [0.1, 0.15) is 19.8 Å². The molecule has 0 aliphatic carbocycles. The van der Waals surface area contributed by atoms with Crippen LogP contribution in [0.5, 0.6) is 0 Å². The Balaban J connectivity index is 2.13. The topological polar surface area (TPSA) is 63.8 Å². The number of hydrogen-bond acceptors (Lipinski definition) is 4. The predicted octanol–water partition coefficient (Wildman–Crippen LogP) is 1.02. The SMILES string of the molecule is CC(N)CCCNc1cnccn1. The molecule has 1 heterocycles. The quantitative estimate of drug-likeness (QED) is 0.664. The number of rotatable bonds is 5. The van der Waals surface area contributed by atoms with E-state index in [-0.39, 0.29) is 6.04 Å². The van der Waals surface area contributed by atoms with Gasteiger partial charge in [0, 0.05) is 25.0 Å². The average molecular weight is 180 g/mol. The highest BCUT2D eigenvalue weighted by Gasteiger charge is 1.94. The van der Waals surface area contributed by atoms with Crippen molar-refractivity contribution in [2.75, 3.05) is 11.9 Å². The summed E-state index contributed by atoms with van der Waals surface area (Å²) in [4.78, 5) is 8.04. The summed E-state index contributed by atoms with van der Waals surface area (Å²) in [5.41, 5.74) is 5.62. The molecule has 3 N–H and O–H groups in total. The molecule has 1 unspecified atom stereocenters. The highest BCUT2D eigenvalue weighted by Crippen LogP contribution is 1.99. The van der Waals surface area contributed by atoms with Crippen LogP contribution < -0.4 is 11.1 Å². The van der Waals surface area contributed by atoms with Gasteiger partial charge < -0.3 is 11.1 Å². The molecular weight excluding hydrogens is 164 g/mol. The fraction of sp³-hybridized carbons (Fsp3) is 0.556. The van der Waals surface area contributed by atoms with Crippen molar-refractivity contribution in [3.63, 3.8) is 0 Å². The predicted molar refractivity (Wildman–Crippen MR) is 53.4 cm³/mol. The van der Waals surface area contributed by atoms with Gasteiger partial charge in [0.15, 0.2) is 0 Å². The van der Waals surface area contributed by atoms with Crippen molar-refractivity contribution in [2.45, 2.75) is 25.8 Å². The van der Waals surface area contributed by atoms with Crippen LogP contribution in [0.4, 0.5) is 5.82 Å². The smallest absolute Gasteiger partial charge is 0.144 e. The van der Waals surface area contributed by atoms with Gasteiger partial charge in [-0.05, 0) is 19.8 Å². The third-order valence-corrected chi connectivity index (χ3v) is 1.71. The van der Waals surface area contributed by atoms with Crippen LogP contribution in [-0.2, 0) is 0 Å². The second-order valence-electron chi connectivity index (χ2n) is 3.14. The Hall–Kier alpha value is -1.16. The zero-order valence-electron chi connectivity index (χ0n) is 7.90. The Morgan fingerprint density at radius 1 is 1.54 bits per heavy atom. The monoisotopic (exact) mass is 180 g/mol. The Morgan fingerprint density at radius 3 is 3.00 bits per heavy atom. The minimum absolute atomic E-state index is 0.281. The molecule has 4 nitrogen and oxygen atoms in total. The van der Waals surface area contributed by atoms with E-state index in [2.05, 4.69) is 15.3 Å². The fourth-order valence-corrected chi connectivity index (χ4v) is 1.03. The molecule has 0 amide bonds. The van der Waals surface area contributed by atoms with E-state index in [1.54, 1.807) is 18.6 Å². The molecular formula is C9H16N4. The first kappa shape index (κ1) is 9.92. The standard InChI is InChI=1S/C9H16N4/c1-8(10)3-2-4-12-9-7-11-5-6-13-9/h5-8H,2-4,10H2,1H3,(H,12,13). The fourth-order valence-electron chi connectivity index (χ4n) is 1.03. The number of hydrogen-bond donors (Lipinski definition) is 2. The highest BCUT2D eigenvalue weighted by atomic mass is 15.0. The number of nitrogens with two attached hydrogens (primary N) is 1. The van der Waals surface area contributed by atoms with Crippen LogP contribution in [-0.4, -0.2) is 22.6 Å². The maximum absolute atomic E-state index is 5.62. The maximum atomic E-state index is 5.62. The molecule has 0 aromatic carbocycles. The van der Waals surface area contributed by atoms with Crippen molar-refractivity contribution >= 4 is 5.82 Å². The van der Waals surface area contributed by atoms with Gasteiger partial charge in [-0.2, -0.15) is 0 Å². The van der Waals surface area contributed by atoms with Crippen molar-refractivity contribution < 1.29 is 0 Å². The van der Waals surface area contributed by atoms with Gasteiger partial charge in [-0.3, -0.25) is 4.98 Å².